The predicted octanol–water partition coefficient (Wildman–Crippen LogP) is 0.235. The van der Waals surface area contributed by atoms with Crippen LogP contribution < -0.4 is 10.6 Å². The second-order valence-corrected chi connectivity index (χ2v) is 4.24. The van der Waals surface area contributed by atoms with Gasteiger partial charge in [0, 0.05) is 13.2 Å². The largest absolute Gasteiger partial charge is 0.388 e. The van der Waals surface area contributed by atoms with E-state index in [2.05, 4.69) is 10.6 Å². The molecule has 1 fully saturated rings. The van der Waals surface area contributed by atoms with Crippen LogP contribution in [-0.4, -0.2) is 42.5 Å². The molecule has 2 unspecified atom stereocenters. The molecule has 0 aliphatic carbocycles. The molecular formula is C10H20N2O3. The zero-order valence-electron chi connectivity index (χ0n) is 9.38. The van der Waals surface area contributed by atoms with Crippen molar-refractivity contribution in [2.75, 3.05) is 19.8 Å². The lowest BCUT2D eigenvalue weighted by molar-refractivity contribution is 0.0580. The van der Waals surface area contributed by atoms with Crippen molar-refractivity contribution in [1.82, 2.24) is 10.6 Å². The van der Waals surface area contributed by atoms with Gasteiger partial charge in [-0.15, -0.1) is 0 Å². The van der Waals surface area contributed by atoms with Gasteiger partial charge in [0.15, 0.2) is 0 Å². The van der Waals surface area contributed by atoms with Gasteiger partial charge < -0.3 is 20.5 Å². The van der Waals surface area contributed by atoms with Crippen LogP contribution in [0, 0.1) is 0 Å². The predicted molar refractivity (Wildman–Crippen MR) is 56.7 cm³/mol. The molecule has 0 aromatic rings. The summed E-state index contributed by atoms with van der Waals surface area (Å²) in [4.78, 5) is 11.4. The Labute approximate surface area is 90.2 Å². The van der Waals surface area contributed by atoms with Crippen molar-refractivity contribution < 1.29 is 14.6 Å². The zero-order chi connectivity index (χ0) is 11.3. The number of rotatable bonds is 4. The van der Waals surface area contributed by atoms with Crippen molar-refractivity contribution in [2.45, 2.75) is 38.3 Å². The highest BCUT2D eigenvalue weighted by Crippen LogP contribution is 2.06. The molecular weight excluding hydrogens is 196 g/mol. The van der Waals surface area contributed by atoms with Crippen LogP contribution in [0.2, 0.25) is 0 Å². The van der Waals surface area contributed by atoms with E-state index in [1.807, 2.05) is 6.92 Å². The number of urea groups is 1. The molecule has 1 aliphatic heterocycles. The lowest BCUT2D eigenvalue weighted by atomic mass is 10.0. The van der Waals surface area contributed by atoms with Crippen LogP contribution in [0.25, 0.3) is 0 Å². The molecule has 15 heavy (non-hydrogen) atoms. The van der Waals surface area contributed by atoms with Crippen molar-refractivity contribution in [1.29, 1.82) is 0 Å². The van der Waals surface area contributed by atoms with Crippen LogP contribution in [-0.2, 0) is 4.74 Å². The third kappa shape index (κ3) is 4.48. The molecule has 0 bridgehead atoms. The molecule has 0 radical (unpaired) electrons. The van der Waals surface area contributed by atoms with E-state index in [9.17, 15) is 9.90 Å². The fourth-order valence-electron chi connectivity index (χ4n) is 1.28. The molecule has 5 nitrogen and oxygen atoms in total. The van der Waals surface area contributed by atoms with E-state index in [1.54, 1.807) is 6.92 Å². The first-order chi connectivity index (χ1) is 7.03. The second-order valence-electron chi connectivity index (χ2n) is 4.24. The van der Waals surface area contributed by atoms with Gasteiger partial charge in [0.05, 0.1) is 18.2 Å². The van der Waals surface area contributed by atoms with E-state index in [4.69, 9.17) is 4.74 Å². The molecule has 2 atom stereocenters. The Balaban J connectivity index is 2.18. The van der Waals surface area contributed by atoms with E-state index in [0.717, 1.165) is 6.42 Å². The van der Waals surface area contributed by atoms with Crippen molar-refractivity contribution >= 4 is 6.03 Å². The minimum atomic E-state index is -0.830. The molecule has 5 heteroatoms. The summed E-state index contributed by atoms with van der Waals surface area (Å²) in [5.74, 6) is 0. The van der Waals surface area contributed by atoms with Gasteiger partial charge in [-0.05, 0) is 19.8 Å². The van der Waals surface area contributed by atoms with Crippen LogP contribution in [0.5, 0.6) is 0 Å². The number of nitrogens with one attached hydrogen (secondary N) is 2. The van der Waals surface area contributed by atoms with Gasteiger partial charge in [-0.25, -0.2) is 4.79 Å². The minimum absolute atomic E-state index is 0.108. The normalized spacial score (nSPS) is 24.6. The molecule has 88 valence electrons. The summed E-state index contributed by atoms with van der Waals surface area (Å²) in [7, 11) is 0. The molecule has 1 heterocycles. The smallest absolute Gasteiger partial charge is 0.315 e. The molecule has 0 aromatic heterocycles. The van der Waals surface area contributed by atoms with Crippen LogP contribution in [0.4, 0.5) is 4.79 Å². The topological polar surface area (TPSA) is 70.6 Å². The summed E-state index contributed by atoms with van der Waals surface area (Å²) in [6.45, 7) is 5.13. The highest BCUT2D eigenvalue weighted by atomic mass is 16.5. The third-order valence-corrected chi connectivity index (χ3v) is 2.66. The van der Waals surface area contributed by atoms with Crippen molar-refractivity contribution in [3.05, 3.63) is 0 Å². The van der Waals surface area contributed by atoms with Crippen LogP contribution in [0.1, 0.15) is 26.7 Å². The molecule has 1 saturated heterocycles. The lowest BCUT2D eigenvalue weighted by Crippen LogP contribution is -2.47. The van der Waals surface area contributed by atoms with Gasteiger partial charge in [0.2, 0.25) is 0 Å². The van der Waals surface area contributed by atoms with Gasteiger partial charge >= 0.3 is 6.03 Å². The SMILES string of the molecule is CCC(C)(O)CNC(=O)NC1CCOC1. The molecule has 0 aromatic carbocycles. The molecule has 0 spiro atoms. The highest BCUT2D eigenvalue weighted by Gasteiger charge is 2.21. The Kier molecular flexibility index (Phi) is 4.35. The maximum Gasteiger partial charge on any atom is 0.315 e. The average Bonchev–Trinajstić information content (AvgIpc) is 2.68. The Morgan fingerprint density at radius 1 is 1.67 bits per heavy atom. The maximum atomic E-state index is 11.4. The second kappa shape index (κ2) is 5.32. The number of carbonyl (C=O) groups excluding carboxylic acids is 1. The number of aliphatic hydroxyl groups is 1. The molecule has 1 aliphatic rings. The summed E-state index contributed by atoms with van der Waals surface area (Å²) in [6, 6.07) is -0.129. The fraction of sp³-hybridized carbons (Fsp3) is 0.900. The van der Waals surface area contributed by atoms with Crippen LogP contribution in [0.3, 0.4) is 0 Å². The highest BCUT2D eigenvalue weighted by molar-refractivity contribution is 5.74. The fourth-order valence-corrected chi connectivity index (χ4v) is 1.28. The van der Waals surface area contributed by atoms with Crippen molar-refractivity contribution in [3.8, 4) is 0 Å². The Morgan fingerprint density at radius 3 is 2.93 bits per heavy atom. The van der Waals surface area contributed by atoms with Gasteiger partial charge in [0.25, 0.3) is 0 Å². The summed E-state index contributed by atoms with van der Waals surface area (Å²) in [6.07, 6.45) is 1.47. The molecule has 3 N–H and O–H groups in total. The molecule has 0 saturated carbocycles. The van der Waals surface area contributed by atoms with E-state index >= 15 is 0 Å². The maximum absolute atomic E-state index is 11.4. The monoisotopic (exact) mass is 216 g/mol. The van der Waals surface area contributed by atoms with Crippen molar-refractivity contribution in [3.63, 3.8) is 0 Å². The summed E-state index contributed by atoms with van der Waals surface area (Å²) >= 11 is 0. The Hall–Kier alpha value is -0.810. The quantitative estimate of drug-likeness (QED) is 0.630. The van der Waals surface area contributed by atoms with E-state index in [-0.39, 0.29) is 18.6 Å². The summed E-state index contributed by atoms with van der Waals surface area (Å²) in [5.41, 5.74) is -0.830. The molecule has 1 rings (SSSR count). The van der Waals surface area contributed by atoms with Gasteiger partial charge in [-0.2, -0.15) is 0 Å². The van der Waals surface area contributed by atoms with Crippen LogP contribution in [0.15, 0.2) is 0 Å². The van der Waals surface area contributed by atoms with Gasteiger partial charge in [-0.3, -0.25) is 0 Å². The number of ether oxygens (including phenoxy) is 1. The van der Waals surface area contributed by atoms with E-state index in [1.165, 1.54) is 0 Å². The first-order valence-corrected chi connectivity index (χ1v) is 5.38. The lowest BCUT2D eigenvalue weighted by Gasteiger charge is -2.22. The van der Waals surface area contributed by atoms with E-state index < -0.39 is 5.60 Å². The first kappa shape index (κ1) is 12.3. The zero-order valence-corrected chi connectivity index (χ0v) is 9.38. The standard InChI is InChI=1S/C10H20N2O3/c1-3-10(2,14)7-11-9(13)12-8-4-5-15-6-8/h8,14H,3-7H2,1-2H3,(H2,11,12,13). The number of hydrogen-bond donors (Lipinski definition) is 3. The average molecular weight is 216 g/mol. The summed E-state index contributed by atoms with van der Waals surface area (Å²) in [5, 5.41) is 15.1. The van der Waals surface area contributed by atoms with E-state index in [0.29, 0.717) is 19.6 Å². The minimum Gasteiger partial charge on any atom is -0.388 e. The Morgan fingerprint density at radius 2 is 2.40 bits per heavy atom. The van der Waals surface area contributed by atoms with Crippen molar-refractivity contribution in [2.24, 2.45) is 0 Å². The number of hydrogen-bond acceptors (Lipinski definition) is 3. The van der Waals surface area contributed by atoms with Gasteiger partial charge in [0.1, 0.15) is 0 Å². The first-order valence-electron chi connectivity index (χ1n) is 5.38. The van der Waals surface area contributed by atoms with Gasteiger partial charge in [-0.1, -0.05) is 6.92 Å². The Bertz CT molecular complexity index is 213. The number of carbonyl (C=O) groups is 1. The third-order valence-electron chi connectivity index (χ3n) is 2.66. The summed E-state index contributed by atoms with van der Waals surface area (Å²) < 4.78 is 5.13. The number of amides is 2. The molecule has 2 amide bonds. The van der Waals surface area contributed by atoms with Crippen LogP contribution >= 0.6 is 0 Å².